The lowest BCUT2D eigenvalue weighted by molar-refractivity contribution is 0.393. The Morgan fingerprint density at radius 2 is 2.19 bits per heavy atom. The summed E-state index contributed by atoms with van der Waals surface area (Å²) in [4.78, 5) is 7.40. The Balaban J connectivity index is 2.05. The summed E-state index contributed by atoms with van der Waals surface area (Å²) in [5.74, 6) is 0.425. The lowest BCUT2D eigenvalue weighted by Crippen LogP contribution is -2.18. The maximum Gasteiger partial charge on any atom is 0.230 e. The summed E-state index contributed by atoms with van der Waals surface area (Å²) in [5, 5.41) is 4.28. The molecule has 0 radical (unpaired) electrons. The molecule has 6 heteroatoms. The van der Waals surface area contributed by atoms with Crippen molar-refractivity contribution >= 4 is 16.5 Å². The van der Waals surface area contributed by atoms with E-state index in [4.69, 9.17) is 4.74 Å². The molecule has 114 valence electrons. The molecule has 1 atom stereocenters. The van der Waals surface area contributed by atoms with Crippen LogP contribution in [0.25, 0.3) is 0 Å². The van der Waals surface area contributed by atoms with Crippen LogP contribution in [-0.2, 0) is 6.54 Å². The molecule has 0 spiro atoms. The van der Waals surface area contributed by atoms with Gasteiger partial charge in [-0.05, 0) is 24.6 Å². The minimum Gasteiger partial charge on any atom is -0.480 e. The molecule has 0 amide bonds. The third-order valence-corrected chi connectivity index (χ3v) is 4.35. The number of hydrogen-bond acceptors (Lipinski definition) is 5. The minimum absolute atomic E-state index is 0.0512. The van der Waals surface area contributed by atoms with Crippen molar-refractivity contribution < 1.29 is 9.13 Å². The zero-order valence-corrected chi connectivity index (χ0v) is 13.5. The van der Waals surface area contributed by atoms with E-state index in [1.807, 2.05) is 32.0 Å². The Hall–Kier alpha value is -1.66. The number of benzene rings is 1. The largest absolute Gasteiger partial charge is 0.480 e. The first kappa shape index (κ1) is 15.7. The van der Waals surface area contributed by atoms with Crippen LogP contribution in [0.1, 0.15) is 23.4 Å². The van der Waals surface area contributed by atoms with Crippen LogP contribution in [0.2, 0.25) is 0 Å². The molecule has 0 saturated carbocycles. The highest BCUT2D eigenvalue weighted by Gasteiger charge is 2.14. The van der Waals surface area contributed by atoms with Gasteiger partial charge in [0.05, 0.1) is 12.0 Å². The smallest absolute Gasteiger partial charge is 0.230 e. The van der Waals surface area contributed by atoms with E-state index >= 15 is 0 Å². The zero-order chi connectivity index (χ0) is 15.4. The molecule has 0 aliphatic rings. The van der Waals surface area contributed by atoms with Crippen LogP contribution in [-0.4, -0.2) is 26.2 Å². The highest BCUT2D eigenvalue weighted by Crippen LogP contribution is 2.30. The van der Waals surface area contributed by atoms with Gasteiger partial charge in [-0.15, -0.1) is 0 Å². The van der Waals surface area contributed by atoms with Crippen LogP contribution in [0.15, 0.2) is 24.3 Å². The molecule has 0 aliphatic heterocycles. The number of thiazole rings is 1. The van der Waals surface area contributed by atoms with Crippen molar-refractivity contribution in [2.45, 2.75) is 19.5 Å². The van der Waals surface area contributed by atoms with Gasteiger partial charge in [0.15, 0.2) is 5.13 Å². The lowest BCUT2D eigenvalue weighted by Gasteiger charge is -2.13. The Bertz CT molecular complexity index is 600. The minimum atomic E-state index is -0.216. The van der Waals surface area contributed by atoms with Crippen molar-refractivity contribution in [3.8, 4) is 5.88 Å². The van der Waals surface area contributed by atoms with Gasteiger partial charge in [0, 0.05) is 26.7 Å². The Morgan fingerprint density at radius 1 is 1.43 bits per heavy atom. The van der Waals surface area contributed by atoms with Crippen LogP contribution < -0.4 is 15.0 Å². The maximum absolute atomic E-state index is 13.2. The summed E-state index contributed by atoms with van der Waals surface area (Å²) in [5.41, 5.74) is 0.923. The van der Waals surface area contributed by atoms with Crippen LogP contribution in [0.5, 0.6) is 5.88 Å². The molecular formula is C15H20FN3OS. The summed E-state index contributed by atoms with van der Waals surface area (Å²) in [6.45, 7) is 2.64. The average Bonchev–Trinajstić information content (AvgIpc) is 2.88. The standard InChI is InChI=1S/C15H20FN3OS/c1-10(11-6-5-7-12(16)8-11)17-9-13-14(20-4)18-15(21-13)19(2)3/h5-8,10,17H,9H2,1-4H3/t10-/m0/s1. The number of aromatic nitrogens is 1. The number of hydrogen-bond donors (Lipinski definition) is 1. The van der Waals surface area contributed by atoms with Crippen LogP contribution >= 0.6 is 11.3 Å². The molecule has 0 saturated heterocycles. The number of nitrogens with one attached hydrogen (secondary N) is 1. The van der Waals surface area contributed by atoms with E-state index in [9.17, 15) is 4.39 Å². The SMILES string of the molecule is COc1nc(N(C)C)sc1CN[C@@H](C)c1cccc(F)c1. The molecule has 1 aromatic carbocycles. The van der Waals surface area contributed by atoms with Gasteiger partial charge < -0.3 is 15.0 Å². The number of rotatable bonds is 6. The Kier molecular flexibility index (Phi) is 5.14. The summed E-state index contributed by atoms with van der Waals surface area (Å²) in [7, 11) is 5.52. The van der Waals surface area contributed by atoms with Crippen molar-refractivity contribution in [2.75, 3.05) is 26.1 Å². The van der Waals surface area contributed by atoms with Gasteiger partial charge in [0.1, 0.15) is 5.82 Å². The number of nitrogens with zero attached hydrogens (tertiary/aromatic N) is 2. The van der Waals surface area contributed by atoms with E-state index in [-0.39, 0.29) is 11.9 Å². The maximum atomic E-state index is 13.2. The van der Waals surface area contributed by atoms with Crippen molar-refractivity contribution in [2.24, 2.45) is 0 Å². The average molecular weight is 309 g/mol. The molecule has 0 fully saturated rings. The van der Waals surface area contributed by atoms with Crippen molar-refractivity contribution in [3.05, 3.63) is 40.5 Å². The van der Waals surface area contributed by atoms with Gasteiger partial charge in [0.25, 0.3) is 0 Å². The molecule has 1 heterocycles. The van der Waals surface area contributed by atoms with Crippen molar-refractivity contribution in [1.29, 1.82) is 0 Å². The zero-order valence-electron chi connectivity index (χ0n) is 12.7. The second-order valence-corrected chi connectivity index (χ2v) is 6.04. The molecule has 0 unspecified atom stereocenters. The number of anilines is 1. The predicted molar refractivity (Wildman–Crippen MR) is 84.6 cm³/mol. The highest BCUT2D eigenvalue weighted by atomic mass is 32.1. The fourth-order valence-electron chi connectivity index (χ4n) is 1.93. The molecule has 1 N–H and O–H groups in total. The van der Waals surface area contributed by atoms with Gasteiger partial charge >= 0.3 is 0 Å². The molecule has 4 nitrogen and oxygen atoms in total. The second-order valence-electron chi connectivity index (χ2n) is 4.98. The van der Waals surface area contributed by atoms with Gasteiger partial charge in [0.2, 0.25) is 5.88 Å². The first-order chi connectivity index (χ1) is 10.0. The normalized spacial score (nSPS) is 12.2. The van der Waals surface area contributed by atoms with Crippen molar-refractivity contribution in [1.82, 2.24) is 10.3 Å². The summed E-state index contributed by atoms with van der Waals surface area (Å²) in [6.07, 6.45) is 0. The van der Waals surface area contributed by atoms with Crippen LogP contribution in [0, 0.1) is 5.82 Å². The van der Waals surface area contributed by atoms with Gasteiger partial charge in [-0.25, -0.2) is 4.39 Å². The molecular weight excluding hydrogens is 289 g/mol. The highest BCUT2D eigenvalue weighted by molar-refractivity contribution is 7.15. The predicted octanol–water partition coefficient (Wildman–Crippen LogP) is 3.21. The summed E-state index contributed by atoms with van der Waals surface area (Å²) in [6, 6.07) is 6.68. The Morgan fingerprint density at radius 3 is 2.81 bits per heavy atom. The first-order valence-electron chi connectivity index (χ1n) is 6.71. The second kappa shape index (κ2) is 6.87. The van der Waals surface area contributed by atoms with Gasteiger partial charge in [-0.1, -0.05) is 23.5 Å². The molecule has 0 aliphatic carbocycles. The monoisotopic (exact) mass is 309 g/mol. The third-order valence-electron chi connectivity index (χ3n) is 3.14. The quantitative estimate of drug-likeness (QED) is 0.889. The van der Waals surface area contributed by atoms with E-state index < -0.39 is 0 Å². The topological polar surface area (TPSA) is 37.4 Å². The fraction of sp³-hybridized carbons (Fsp3) is 0.400. The number of ether oxygens (including phenoxy) is 1. The number of methoxy groups -OCH3 is 1. The first-order valence-corrected chi connectivity index (χ1v) is 7.52. The fourth-order valence-corrected chi connectivity index (χ4v) is 2.83. The molecule has 0 bridgehead atoms. The number of halogens is 1. The van der Waals surface area contributed by atoms with E-state index in [0.29, 0.717) is 12.4 Å². The van der Waals surface area contributed by atoms with Crippen LogP contribution in [0.3, 0.4) is 0 Å². The Labute approximate surface area is 128 Å². The van der Waals surface area contributed by atoms with E-state index in [2.05, 4.69) is 10.3 Å². The van der Waals surface area contributed by atoms with E-state index in [0.717, 1.165) is 15.6 Å². The lowest BCUT2D eigenvalue weighted by atomic mass is 10.1. The molecule has 2 rings (SSSR count). The molecule has 2 aromatic rings. The van der Waals surface area contributed by atoms with Gasteiger partial charge in [-0.3, -0.25) is 0 Å². The van der Waals surface area contributed by atoms with Crippen LogP contribution in [0.4, 0.5) is 9.52 Å². The van der Waals surface area contributed by atoms with E-state index in [1.165, 1.54) is 6.07 Å². The summed E-state index contributed by atoms with van der Waals surface area (Å²) >= 11 is 1.59. The molecule has 1 aromatic heterocycles. The van der Waals surface area contributed by atoms with E-state index in [1.54, 1.807) is 30.6 Å². The van der Waals surface area contributed by atoms with Crippen molar-refractivity contribution in [3.63, 3.8) is 0 Å². The molecule has 21 heavy (non-hydrogen) atoms. The summed E-state index contributed by atoms with van der Waals surface area (Å²) < 4.78 is 18.5. The third kappa shape index (κ3) is 3.92. The van der Waals surface area contributed by atoms with Gasteiger partial charge in [-0.2, -0.15) is 4.98 Å².